The topological polar surface area (TPSA) is 79.1 Å². The summed E-state index contributed by atoms with van der Waals surface area (Å²) in [5.74, 6) is -0.567. The van der Waals surface area contributed by atoms with Crippen LogP contribution in [0.3, 0.4) is 0 Å². The smallest absolute Gasteiger partial charge is 0.303 e. The second kappa shape index (κ2) is 9.35. The summed E-state index contributed by atoms with van der Waals surface area (Å²) in [5.41, 5.74) is 2.69. The van der Waals surface area contributed by atoms with Crippen LogP contribution in [-0.4, -0.2) is 21.9 Å². The Morgan fingerprint density at radius 1 is 0.958 bits per heavy atom. The molecule has 0 fully saturated rings. The molecule has 0 aliphatic rings. The summed E-state index contributed by atoms with van der Waals surface area (Å²) < 4.78 is 0. The zero-order valence-corrected chi connectivity index (χ0v) is 13.4. The highest BCUT2D eigenvalue weighted by Gasteiger charge is 2.06. The van der Waals surface area contributed by atoms with E-state index in [4.69, 9.17) is 9.94 Å². The molecule has 2 aromatic carbocycles. The molecule has 24 heavy (non-hydrogen) atoms. The fraction of sp³-hybridized carbons (Fsp3) is 0.263. The Labute approximate surface area is 141 Å². The van der Waals surface area contributed by atoms with Crippen molar-refractivity contribution in [2.24, 2.45) is 5.16 Å². The molecule has 2 aromatic rings. The molecule has 2 rings (SSSR count). The van der Waals surface area contributed by atoms with Crippen LogP contribution in [0, 0.1) is 0 Å². The quantitative estimate of drug-likeness (QED) is 0.415. The molecule has 0 spiro atoms. The molecule has 0 aliphatic carbocycles. The molecular weight excluding hydrogens is 306 g/mol. The van der Waals surface area contributed by atoms with Gasteiger partial charge in [0, 0.05) is 6.42 Å². The fourth-order valence-corrected chi connectivity index (χ4v) is 2.22. The lowest BCUT2D eigenvalue weighted by Gasteiger charge is -2.07. The highest BCUT2D eigenvalue weighted by Crippen LogP contribution is 2.13. The van der Waals surface area contributed by atoms with E-state index in [-0.39, 0.29) is 12.2 Å². The van der Waals surface area contributed by atoms with Gasteiger partial charge in [-0.05, 0) is 42.5 Å². The predicted octanol–water partition coefficient (Wildman–Crippen LogP) is 3.96. The molecule has 126 valence electrons. The first-order valence-corrected chi connectivity index (χ1v) is 7.89. The highest BCUT2D eigenvalue weighted by molar-refractivity contribution is 6.00. The van der Waals surface area contributed by atoms with Crippen LogP contribution >= 0.6 is 0 Å². The molecule has 0 saturated heterocycles. The van der Waals surface area contributed by atoms with E-state index in [1.54, 1.807) is 24.3 Å². The number of benzene rings is 2. The van der Waals surface area contributed by atoms with Gasteiger partial charge < -0.3 is 15.1 Å². The minimum Gasteiger partial charge on any atom is -0.508 e. The van der Waals surface area contributed by atoms with Crippen molar-refractivity contribution in [3.8, 4) is 5.75 Å². The normalized spacial score (nSPS) is 11.2. The molecule has 0 unspecified atom stereocenters. The number of unbranched alkanes of at least 4 members (excludes halogenated alkanes) is 1. The van der Waals surface area contributed by atoms with Crippen LogP contribution in [0.2, 0.25) is 0 Å². The first-order valence-electron chi connectivity index (χ1n) is 7.89. The summed E-state index contributed by atoms with van der Waals surface area (Å²) in [6.45, 7) is 0.311. The van der Waals surface area contributed by atoms with Crippen molar-refractivity contribution in [2.75, 3.05) is 0 Å². The minimum atomic E-state index is -0.781. The van der Waals surface area contributed by atoms with Crippen molar-refractivity contribution in [3.63, 3.8) is 0 Å². The number of hydrogen-bond donors (Lipinski definition) is 2. The Kier molecular flexibility index (Phi) is 6.83. The molecule has 2 N–H and O–H groups in total. The average molecular weight is 327 g/mol. The molecular formula is C19H21NO4. The number of aliphatic carboxylic acids is 1. The first kappa shape index (κ1) is 17.5. The Bertz CT molecular complexity index is 666. The third-order valence-electron chi connectivity index (χ3n) is 3.50. The van der Waals surface area contributed by atoms with Gasteiger partial charge in [-0.3, -0.25) is 4.79 Å². The van der Waals surface area contributed by atoms with Gasteiger partial charge in [0.1, 0.15) is 12.4 Å². The molecule has 0 aromatic heterocycles. The van der Waals surface area contributed by atoms with E-state index in [9.17, 15) is 9.90 Å². The van der Waals surface area contributed by atoms with Gasteiger partial charge in [-0.15, -0.1) is 0 Å². The number of carboxylic acids is 1. The molecule has 5 heteroatoms. The number of nitrogens with zero attached hydrogens (tertiary/aromatic N) is 1. The van der Waals surface area contributed by atoms with E-state index >= 15 is 0 Å². The van der Waals surface area contributed by atoms with Crippen LogP contribution in [0.4, 0.5) is 0 Å². The van der Waals surface area contributed by atoms with Gasteiger partial charge in [-0.2, -0.15) is 0 Å². The summed E-state index contributed by atoms with van der Waals surface area (Å²) in [7, 11) is 0. The number of hydrogen-bond acceptors (Lipinski definition) is 4. The molecule has 0 atom stereocenters. The number of phenolic OH excluding ortho intramolecular Hbond substituents is 1. The van der Waals surface area contributed by atoms with Gasteiger partial charge in [-0.1, -0.05) is 47.6 Å². The summed E-state index contributed by atoms with van der Waals surface area (Å²) in [6.07, 6.45) is 2.17. The Morgan fingerprint density at radius 3 is 2.29 bits per heavy atom. The molecule has 0 aliphatic heterocycles. The number of carboxylic acid groups (broad SMARTS) is 1. The zero-order chi connectivity index (χ0) is 17.2. The largest absolute Gasteiger partial charge is 0.508 e. The van der Waals surface area contributed by atoms with Crippen LogP contribution in [0.25, 0.3) is 0 Å². The van der Waals surface area contributed by atoms with Gasteiger partial charge in [0.15, 0.2) is 0 Å². The van der Waals surface area contributed by atoms with Crippen molar-refractivity contribution in [1.82, 2.24) is 0 Å². The fourth-order valence-electron chi connectivity index (χ4n) is 2.22. The molecule has 5 nitrogen and oxygen atoms in total. The number of aromatic hydroxyl groups is 1. The van der Waals surface area contributed by atoms with Gasteiger partial charge >= 0.3 is 5.97 Å². The van der Waals surface area contributed by atoms with E-state index in [0.29, 0.717) is 19.4 Å². The Balaban J connectivity index is 1.96. The van der Waals surface area contributed by atoms with Gasteiger partial charge in [0.2, 0.25) is 0 Å². The van der Waals surface area contributed by atoms with Crippen LogP contribution in [0.1, 0.15) is 36.8 Å². The monoisotopic (exact) mass is 327 g/mol. The van der Waals surface area contributed by atoms with Crippen LogP contribution in [0.5, 0.6) is 5.75 Å². The maximum Gasteiger partial charge on any atom is 0.303 e. The van der Waals surface area contributed by atoms with Crippen molar-refractivity contribution < 1.29 is 19.8 Å². The standard InChI is InChI=1S/C19H21NO4/c21-17-12-10-15(11-13-17)14-24-20-18(8-4-5-9-19(22)23)16-6-2-1-3-7-16/h1-3,6-7,10-13,21H,4-5,8-9,14H2,(H,22,23)/b20-18+. The number of oxime groups is 1. The molecule has 0 radical (unpaired) electrons. The first-order chi connectivity index (χ1) is 11.6. The van der Waals surface area contributed by atoms with E-state index in [1.165, 1.54) is 0 Å². The number of rotatable bonds is 9. The summed E-state index contributed by atoms with van der Waals surface area (Å²) in [4.78, 5) is 16.0. The van der Waals surface area contributed by atoms with Gasteiger partial charge in [0.05, 0.1) is 5.71 Å². The van der Waals surface area contributed by atoms with E-state index in [0.717, 1.165) is 23.3 Å². The average Bonchev–Trinajstić information content (AvgIpc) is 2.59. The van der Waals surface area contributed by atoms with Crippen molar-refractivity contribution in [2.45, 2.75) is 32.3 Å². The maximum atomic E-state index is 10.6. The Hall–Kier alpha value is -2.82. The van der Waals surface area contributed by atoms with Crippen molar-refractivity contribution in [3.05, 3.63) is 65.7 Å². The van der Waals surface area contributed by atoms with E-state index in [1.807, 2.05) is 30.3 Å². The number of phenols is 1. The second-order valence-corrected chi connectivity index (χ2v) is 5.44. The van der Waals surface area contributed by atoms with Crippen molar-refractivity contribution >= 4 is 11.7 Å². The van der Waals surface area contributed by atoms with Crippen molar-refractivity contribution in [1.29, 1.82) is 0 Å². The molecule has 0 heterocycles. The molecule has 0 amide bonds. The third-order valence-corrected chi connectivity index (χ3v) is 3.50. The van der Waals surface area contributed by atoms with Gasteiger partial charge in [0.25, 0.3) is 0 Å². The van der Waals surface area contributed by atoms with Crippen LogP contribution < -0.4 is 0 Å². The van der Waals surface area contributed by atoms with Crippen LogP contribution in [0.15, 0.2) is 59.8 Å². The van der Waals surface area contributed by atoms with Gasteiger partial charge in [-0.25, -0.2) is 0 Å². The minimum absolute atomic E-state index is 0.163. The lowest BCUT2D eigenvalue weighted by atomic mass is 10.0. The highest BCUT2D eigenvalue weighted by atomic mass is 16.6. The summed E-state index contributed by atoms with van der Waals surface area (Å²) >= 11 is 0. The van der Waals surface area contributed by atoms with Crippen LogP contribution in [-0.2, 0) is 16.2 Å². The Morgan fingerprint density at radius 2 is 1.62 bits per heavy atom. The maximum absolute atomic E-state index is 10.6. The van der Waals surface area contributed by atoms with E-state index in [2.05, 4.69) is 5.16 Å². The second-order valence-electron chi connectivity index (χ2n) is 5.44. The molecule has 0 saturated carbocycles. The third kappa shape index (κ3) is 6.12. The molecule has 0 bridgehead atoms. The SMILES string of the molecule is O=C(O)CCCC/C(=N\OCc1ccc(O)cc1)c1ccccc1. The zero-order valence-electron chi connectivity index (χ0n) is 13.4. The lowest BCUT2D eigenvalue weighted by molar-refractivity contribution is -0.137. The lowest BCUT2D eigenvalue weighted by Crippen LogP contribution is -2.03. The predicted molar refractivity (Wildman–Crippen MR) is 92.0 cm³/mol. The van der Waals surface area contributed by atoms with E-state index < -0.39 is 5.97 Å². The summed E-state index contributed by atoms with van der Waals surface area (Å²) in [6, 6.07) is 16.5. The summed E-state index contributed by atoms with van der Waals surface area (Å²) in [5, 5.41) is 22.2. The number of carbonyl (C=O) groups is 1.